The average molecular weight is 464 g/mol. The summed E-state index contributed by atoms with van der Waals surface area (Å²) in [5.41, 5.74) is 4.38. The van der Waals surface area contributed by atoms with Gasteiger partial charge in [0, 0.05) is 73.2 Å². The SMILES string of the molecule is CCNc1c(-c2ccc(C(=O)N3CCC(N4CCOCC4)CC3)cc2OC)cnc2[nH]ccc12. The third-order valence-corrected chi connectivity index (χ3v) is 6.99. The van der Waals surface area contributed by atoms with Gasteiger partial charge in [-0.3, -0.25) is 9.69 Å². The monoisotopic (exact) mass is 463 g/mol. The lowest BCUT2D eigenvalue weighted by Crippen LogP contribution is -2.50. The highest BCUT2D eigenvalue weighted by Gasteiger charge is 2.28. The van der Waals surface area contributed by atoms with Gasteiger partial charge < -0.3 is 24.7 Å². The minimum Gasteiger partial charge on any atom is -0.496 e. The Morgan fingerprint density at radius 2 is 1.97 bits per heavy atom. The highest BCUT2D eigenvalue weighted by molar-refractivity contribution is 6.00. The van der Waals surface area contributed by atoms with Gasteiger partial charge in [-0.2, -0.15) is 0 Å². The molecule has 2 aromatic heterocycles. The van der Waals surface area contributed by atoms with E-state index >= 15 is 0 Å². The molecule has 2 N–H and O–H groups in total. The van der Waals surface area contributed by atoms with Crippen molar-refractivity contribution in [3.05, 3.63) is 42.2 Å². The van der Waals surface area contributed by atoms with E-state index < -0.39 is 0 Å². The zero-order valence-corrected chi connectivity index (χ0v) is 20.0. The Kier molecular flexibility index (Phi) is 6.69. The number of fused-ring (bicyclic) bond motifs is 1. The van der Waals surface area contributed by atoms with E-state index in [2.05, 4.69) is 27.1 Å². The molecule has 0 atom stereocenters. The van der Waals surface area contributed by atoms with E-state index in [1.54, 1.807) is 7.11 Å². The first-order valence-electron chi connectivity index (χ1n) is 12.2. The second-order valence-corrected chi connectivity index (χ2v) is 8.90. The van der Waals surface area contributed by atoms with Crippen molar-refractivity contribution < 1.29 is 14.3 Å². The molecule has 0 spiro atoms. The Bertz CT molecular complexity index is 1150. The Morgan fingerprint density at radius 1 is 1.18 bits per heavy atom. The number of methoxy groups -OCH3 is 1. The van der Waals surface area contributed by atoms with Crippen molar-refractivity contribution in [1.29, 1.82) is 0 Å². The molecule has 0 saturated carbocycles. The van der Waals surface area contributed by atoms with Gasteiger partial charge in [0.05, 0.1) is 26.0 Å². The number of amides is 1. The quantitative estimate of drug-likeness (QED) is 0.581. The van der Waals surface area contributed by atoms with E-state index in [4.69, 9.17) is 9.47 Å². The smallest absolute Gasteiger partial charge is 0.253 e. The number of morpholine rings is 1. The summed E-state index contributed by atoms with van der Waals surface area (Å²) in [7, 11) is 1.65. The number of anilines is 1. The molecule has 180 valence electrons. The maximum atomic E-state index is 13.3. The number of carbonyl (C=O) groups is 1. The summed E-state index contributed by atoms with van der Waals surface area (Å²) in [6, 6.07) is 8.32. The second-order valence-electron chi connectivity index (χ2n) is 8.90. The number of hydrogen-bond donors (Lipinski definition) is 2. The van der Waals surface area contributed by atoms with Crippen molar-refractivity contribution in [2.24, 2.45) is 0 Å². The molecule has 3 aromatic rings. The zero-order chi connectivity index (χ0) is 23.5. The van der Waals surface area contributed by atoms with Crippen molar-refractivity contribution in [2.75, 3.05) is 58.4 Å². The molecule has 34 heavy (non-hydrogen) atoms. The number of rotatable bonds is 6. The molecule has 1 aromatic carbocycles. The number of piperidine rings is 1. The van der Waals surface area contributed by atoms with Gasteiger partial charge >= 0.3 is 0 Å². The summed E-state index contributed by atoms with van der Waals surface area (Å²) in [6.07, 6.45) is 5.76. The highest BCUT2D eigenvalue weighted by Crippen LogP contribution is 2.38. The number of carbonyl (C=O) groups excluding carboxylic acids is 1. The molecule has 0 unspecified atom stereocenters. The van der Waals surface area contributed by atoms with Gasteiger partial charge in [0.2, 0.25) is 0 Å². The largest absolute Gasteiger partial charge is 0.496 e. The minimum absolute atomic E-state index is 0.0661. The standard InChI is InChI=1S/C26H33N5O3/c1-3-27-24-21-6-9-28-25(21)29-17-22(24)20-5-4-18(16-23(20)33-2)26(32)31-10-7-19(8-11-31)30-12-14-34-15-13-30/h4-6,9,16-17,19H,3,7-8,10-15H2,1-2H3,(H2,27,28,29). The van der Waals surface area contributed by atoms with Crippen LogP contribution in [-0.4, -0.2) is 84.8 Å². The maximum Gasteiger partial charge on any atom is 0.253 e. The summed E-state index contributed by atoms with van der Waals surface area (Å²) in [5.74, 6) is 0.737. The fraction of sp³-hybridized carbons (Fsp3) is 0.462. The maximum absolute atomic E-state index is 13.3. The van der Waals surface area contributed by atoms with E-state index in [9.17, 15) is 4.79 Å². The molecule has 8 nitrogen and oxygen atoms in total. The highest BCUT2D eigenvalue weighted by atomic mass is 16.5. The molecule has 0 radical (unpaired) electrons. The van der Waals surface area contributed by atoms with Gasteiger partial charge in [0.1, 0.15) is 11.4 Å². The molecule has 0 aliphatic carbocycles. The first-order valence-corrected chi connectivity index (χ1v) is 12.2. The first kappa shape index (κ1) is 22.7. The summed E-state index contributed by atoms with van der Waals surface area (Å²) < 4.78 is 11.2. The molecule has 2 fully saturated rings. The Hall–Kier alpha value is -3.10. The topological polar surface area (TPSA) is 82.7 Å². The molecule has 5 rings (SSSR count). The van der Waals surface area contributed by atoms with Gasteiger partial charge in [-0.05, 0) is 44.0 Å². The van der Waals surface area contributed by atoms with Gasteiger partial charge in [-0.15, -0.1) is 0 Å². The van der Waals surface area contributed by atoms with Crippen LogP contribution < -0.4 is 10.1 Å². The van der Waals surface area contributed by atoms with Gasteiger partial charge in [-0.25, -0.2) is 4.98 Å². The van der Waals surface area contributed by atoms with Crippen molar-refractivity contribution in [3.8, 4) is 16.9 Å². The summed E-state index contributed by atoms with van der Waals surface area (Å²) in [6.45, 7) is 8.04. The zero-order valence-electron chi connectivity index (χ0n) is 20.0. The number of likely N-dealkylation sites (tertiary alicyclic amines) is 1. The van der Waals surface area contributed by atoms with Crippen LogP contribution in [0.3, 0.4) is 0 Å². The molecule has 1 amide bonds. The van der Waals surface area contributed by atoms with Gasteiger partial charge in [0.25, 0.3) is 5.91 Å². The van der Waals surface area contributed by atoms with Crippen LogP contribution in [0.4, 0.5) is 5.69 Å². The summed E-state index contributed by atoms with van der Waals surface area (Å²) in [4.78, 5) is 25.5. The molecule has 2 saturated heterocycles. The van der Waals surface area contributed by atoms with Crippen LogP contribution >= 0.6 is 0 Å². The van der Waals surface area contributed by atoms with Crippen LogP contribution in [0.25, 0.3) is 22.2 Å². The van der Waals surface area contributed by atoms with E-state index in [1.807, 2.05) is 41.6 Å². The number of hydrogen-bond acceptors (Lipinski definition) is 6. The van der Waals surface area contributed by atoms with E-state index in [0.29, 0.717) is 17.4 Å². The van der Waals surface area contributed by atoms with Gasteiger partial charge in [0.15, 0.2) is 0 Å². The van der Waals surface area contributed by atoms with Crippen LogP contribution in [0.2, 0.25) is 0 Å². The lowest BCUT2D eigenvalue weighted by molar-refractivity contribution is 0.00159. The van der Waals surface area contributed by atoms with Crippen molar-refractivity contribution >= 4 is 22.6 Å². The summed E-state index contributed by atoms with van der Waals surface area (Å²) in [5, 5.41) is 4.50. The van der Waals surface area contributed by atoms with Crippen molar-refractivity contribution in [1.82, 2.24) is 19.8 Å². The molecule has 2 aliphatic rings. The number of H-pyrrole nitrogens is 1. The number of nitrogens with zero attached hydrogens (tertiary/aromatic N) is 3. The molecule has 8 heteroatoms. The number of ether oxygens (including phenoxy) is 2. The number of pyridine rings is 1. The fourth-order valence-corrected chi connectivity index (χ4v) is 5.19. The Balaban J connectivity index is 1.36. The van der Waals surface area contributed by atoms with Crippen LogP contribution in [0.5, 0.6) is 5.75 Å². The van der Waals surface area contributed by atoms with Crippen LogP contribution in [-0.2, 0) is 4.74 Å². The number of benzene rings is 1. The van der Waals surface area contributed by atoms with E-state index in [1.165, 1.54) is 0 Å². The Morgan fingerprint density at radius 3 is 2.71 bits per heavy atom. The molecular formula is C26H33N5O3. The molecular weight excluding hydrogens is 430 g/mol. The van der Waals surface area contributed by atoms with Crippen LogP contribution in [0.15, 0.2) is 36.7 Å². The molecule has 0 bridgehead atoms. The van der Waals surface area contributed by atoms with Crippen molar-refractivity contribution in [2.45, 2.75) is 25.8 Å². The normalized spacial score (nSPS) is 17.8. The number of aromatic amines is 1. The third kappa shape index (κ3) is 4.35. The lowest BCUT2D eigenvalue weighted by atomic mass is 9.99. The van der Waals surface area contributed by atoms with Crippen molar-refractivity contribution in [3.63, 3.8) is 0 Å². The summed E-state index contributed by atoms with van der Waals surface area (Å²) >= 11 is 0. The Labute approximate surface area is 200 Å². The number of aromatic nitrogens is 2. The lowest BCUT2D eigenvalue weighted by Gasteiger charge is -2.40. The van der Waals surface area contributed by atoms with Gasteiger partial charge in [-0.1, -0.05) is 0 Å². The first-order chi connectivity index (χ1) is 16.7. The van der Waals surface area contributed by atoms with Crippen LogP contribution in [0, 0.1) is 0 Å². The molecule has 4 heterocycles. The minimum atomic E-state index is 0.0661. The second kappa shape index (κ2) is 10.0. The predicted molar refractivity (Wildman–Crippen MR) is 134 cm³/mol. The number of nitrogens with one attached hydrogen (secondary N) is 2. The van der Waals surface area contributed by atoms with E-state index in [0.717, 1.165) is 86.6 Å². The average Bonchev–Trinajstić information content (AvgIpc) is 3.38. The fourth-order valence-electron chi connectivity index (χ4n) is 5.19. The molecule has 2 aliphatic heterocycles. The predicted octanol–water partition coefficient (Wildman–Crippen LogP) is 3.61. The third-order valence-electron chi connectivity index (χ3n) is 6.99. The van der Waals surface area contributed by atoms with Crippen LogP contribution in [0.1, 0.15) is 30.1 Å². The van der Waals surface area contributed by atoms with E-state index in [-0.39, 0.29) is 5.91 Å².